The standard InChI is InChI=1S/C23H20N8/c1-2-16-8-4-9-17(26-16)13-31-14-21(29-30-31)20-12-19(27-23(24)28-20)18-10-3-6-15-7-5-11-25-22(15)18/h3-12,14H,2,13H2,1H3,(H2,24,27,28). The highest BCUT2D eigenvalue weighted by molar-refractivity contribution is 5.93. The number of hydrogen-bond acceptors (Lipinski definition) is 7. The maximum atomic E-state index is 6.03. The van der Waals surface area contributed by atoms with Gasteiger partial charge in [0.15, 0.2) is 0 Å². The molecule has 0 atom stereocenters. The minimum Gasteiger partial charge on any atom is -0.368 e. The SMILES string of the molecule is CCc1cccc(Cn2cc(-c3cc(-c4cccc5cccnc45)nc(N)n3)nn2)n1. The van der Waals surface area contributed by atoms with Crippen LogP contribution in [-0.4, -0.2) is 34.9 Å². The smallest absolute Gasteiger partial charge is 0.221 e. The van der Waals surface area contributed by atoms with Crippen molar-refractivity contribution in [3.05, 3.63) is 78.4 Å². The maximum Gasteiger partial charge on any atom is 0.221 e. The molecule has 4 aromatic heterocycles. The lowest BCUT2D eigenvalue weighted by atomic mass is 10.1. The van der Waals surface area contributed by atoms with E-state index in [4.69, 9.17) is 5.73 Å². The minimum atomic E-state index is 0.173. The zero-order chi connectivity index (χ0) is 21.2. The van der Waals surface area contributed by atoms with Gasteiger partial charge in [0, 0.05) is 22.8 Å². The largest absolute Gasteiger partial charge is 0.368 e. The molecule has 0 radical (unpaired) electrons. The second-order valence-electron chi connectivity index (χ2n) is 7.15. The zero-order valence-corrected chi connectivity index (χ0v) is 17.0. The minimum absolute atomic E-state index is 0.173. The fourth-order valence-corrected chi connectivity index (χ4v) is 3.52. The molecule has 0 unspecified atom stereocenters. The summed E-state index contributed by atoms with van der Waals surface area (Å²) in [5.74, 6) is 0.173. The van der Waals surface area contributed by atoms with E-state index in [1.807, 2.05) is 60.8 Å². The lowest BCUT2D eigenvalue weighted by Gasteiger charge is -2.07. The van der Waals surface area contributed by atoms with E-state index in [-0.39, 0.29) is 5.95 Å². The Morgan fingerprint density at radius 1 is 0.871 bits per heavy atom. The first-order valence-corrected chi connectivity index (χ1v) is 10.0. The molecule has 152 valence electrons. The van der Waals surface area contributed by atoms with E-state index >= 15 is 0 Å². The van der Waals surface area contributed by atoms with E-state index < -0.39 is 0 Å². The van der Waals surface area contributed by atoms with Crippen LogP contribution >= 0.6 is 0 Å². The van der Waals surface area contributed by atoms with Gasteiger partial charge in [0.1, 0.15) is 5.69 Å². The van der Waals surface area contributed by atoms with E-state index in [1.165, 1.54) is 0 Å². The highest BCUT2D eigenvalue weighted by Gasteiger charge is 2.13. The van der Waals surface area contributed by atoms with Crippen LogP contribution in [0.15, 0.2) is 67.0 Å². The number of aryl methyl sites for hydroxylation is 1. The van der Waals surface area contributed by atoms with Crippen molar-refractivity contribution in [2.45, 2.75) is 19.9 Å². The summed E-state index contributed by atoms with van der Waals surface area (Å²) in [4.78, 5) is 17.9. The van der Waals surface area contributed by atoms with Gasteiger partial charge in [-0.2, -0.15) is 0 Å². The molecule has 31 heavy (non-hydrogen) atoms. The van der Waals surface area contributed by atoms with Gasteiger partial charge in [-0.3, -0.25) is 9.97 Å². The van der Waals surface area contributed by atoms with Gasteiger partial charge in [-0.05, 0) is 30.7 Å². The van der Waals surface area contributed by atoms with Crippen molar-refractivity contribution in [1.82, 2.24) is 34.9 Å². The average Bonchev–Trinajstić information content (AvgIpc) is 3.27. The van der Waals surface area contributed by atoms with Crippen LogP contribution < -0.4 is 5.73 Å². The Labute approximate surface area is 178 Å². The number of para-hydroxylation sites is 1. The van der Waals surface area contributed by atoms with Crippen LogP contribution in [0.5, 0.6) is 0 Å². The monoisotopic (exact) mass is 408 g/mol. The van der Waals surface area contributed by atoms with E-state index in [0.717, 1.165) is 34.3 Å². The van der Waals surface area contributed by atoms with Crippen molar-refractivity contribution in [3.8, 4) is 22.6 Å². The zero-order valence-electron chi connectivity index (χ0n) is 17.0. The average molecular weight is 408 g/mol. The molecule has 8 heteroatoms. The van der Waals surface area contributed by atoms with E-state index in [0.29, 0.717) is 23.6 Å². The molecular formula is C23H20N8. The quantitative estimate of drug-likeness (QED) is 0.474. The van der Waals surface area contributed by atoms with Crippen LogP contribution in [-0.2, 0) is 13.0 Å². The molecule has 4 heterocycles. The highest BCUT2D eigenvalue weighted by atomic mass is 15.4. The number of rotatable bonds is 5. The summed E-state index contributed by atoms with van der Waals surface area (Å²) in [7, 11) is 0. The van der Waals surface area contributed by atoms with Crippen LogP contribution in [0.1, 0.15) is 18.3 Å². The number of nitrogens with two attached hydrogens (primary N) is 1. The van der Waals surface area contributed by atoms with Gasteiger partial charge in [-0.15, -0.1) is 5.10 Å². The van der Waals surface area contributed by atoms with Crippen LogP contribution in [0.3, 0.4) is 0 Å². The van der Waals surface area contributed by atoms with Gasteiger partial charge in [0.05, 0.1) is 35.3 Å². The van der Waals surface area contributed by atoms with Crippen molar-refractivity contribution >= 4 is 16.9 Å². The van der Waals surface area contributed by atoms with Gasteiger partial charge < -0.3 is 5.73 Å². The molecular weight excluding hydrogens is 388 g/mol. The fraction of sp³-hybridized carbons (Fsp3) is 0.130. The Morgan fingerprint density at radius 2 is 1.68 bits per heavy atom. The van der Waals surface area contributed by atoms with Crippen molar-refractivity contribution in [3.63, 3.8) is 0 Å². The van der Waals surface area contributed by atoms with Gasteiger partial charge in [0.2, 0.25) is 5.95 Å². The molecule has 0 spiro atoms. The van der Waals surface area contributed by atoms with Crippen LogP contribution in [0, 0.1) is 0 Å². The van der Waals surface area contributed by atoms with Crippen LogP contribution in [0.4, 0.5) is 5.95 Å². The third-order valence-electron chi connectivity index (χ3n) is 5.00. The van der Waals surface area contributed by atoms with E-state index in [1.54, 1.807) is 10.9 Å². The molecule has 0 amide bonds. The number of anilines is 1. The highest BCUT2D eigenvalue weighted by Crippen LogP contribution is 2.28. The lowest BCUT2D eigenvalue weighted by molar-refractivity contribution is 0.636. The molecule has 0 aliphatic heterocycles. The Balaban J connectivity index is 1.50. The van der Waals surface area contributed by atoms with Gasteiger partial charge in [-0.1, -0.05) is 42.5 Å². The molecule has 5 aromatic rings. The molecule has 2 N–H and O–H groups in total. The molecule has 0 aliphatic carbocycles. The third kappa shape index (κ3) is 3.83. The lowest BCUT2D eigenvalue weighted by Crippen LogP contribution is -2.03. The van der Waals surface area contributed by atoms with Crippen molar-refractivity contribution < 1.29 is 0 Å². The van der Waals surface area contributed by atoms with Crippen LogP contribution in [0.2, 0.25) is 0 Å². The van der Waals surface area contributed by atoms with Gasteiger partial charge in [0.25, 0.3) is 0 Å². The molecule has 0 saturated carbocycles. The predicted molar refractivity (Wildman–Crippen MR) is 119 cm³/mol. The summed E-state index contributed by atoms with van der Waals surface area (Å²) in [5, 5.41) is 9.56. The summed E-state index contributed by atoms with van der Waals surface area (Å²) in [6, 6.07) is 17.8. The maximum absolute atomic E-state index is 6.03. The second-order valence-corrected chi connectivity index (χ2v) is 7.15. The number of nitrogen functional groups attached to an aromatic ring is 1. The number of hydrogen-bond donors (Lipinski definition) is 1. The Bertz CT molecular complexity index is 1370. The van der Waals surface area contributed by atoms with Crippen LogP contribution in [0.25, 0.3) is 33.5 Å². The summed E-state index contributed by atoms with van der Waals surface area (Å²) in [6.45, 7) is 2.61. The Morgan fingerprint density at radius 3 is 2.58 bits per heavy atom. The predicted octanol–water partition coefficient (Wildman–Crippen LogP) is 3.54. The first-order chi connectivity index (χ1) is 15.2. The molecule has 8 nitrogen and oxygen atoms in total. The summed E-state index contributed by atoms with van der Waals surface area (Å²) >= 11 is 0. The van der Waals surface area contributed by atoms with Gasteiger partial charge >= 0.3 is 0 Å². The molecule has 0 saturated heterocycles. The first-order valence-electron chi connectivity index (χ1n) is 10.0. The number of aromatic nitrogens is 7. The fourth-order valence-electron chi connectivity index (χ4n) is 3.52. The summed E-state index contributed by atoms with van der Waals surface area (Å²) in [5.41, 5.74) is 11.7. The normalized spacial score (nSPS) is 11.1. The van der Waals surface area contributed by atoms with Crippen molar-refractivity contribution in [2.75, 3.05) is 5.73 Å². The Kier molecular flexibility index (Phi) is 4.80. The van der Waals surface area contributed by atoms with Crippen molar-refractivity contribution in [2.24, 2.45) is 0 Å². The first kappa shape index (κ1) is 18.8. The third-order valence-corrected chi connectivity index (χ3v) is 5.00. The Hall–Kier alpha value is -4.20. The second kappa shape index (κ2) is 7.91. The molecule has 0 fully saturated rings. The van der Waals surface area contributed by atoms with E-state index in [2.05, 4.69) is 37.2 Å². The molecule has 0 aliphatic rings. The number of benzene rings is 1. The number of fused-ring (bicyclic) bond motifs is 1. The number of pyridine rings is 2. The van der Waals surface area contributed by atoms with Crippen molar-refractivity contribution in [1.29, 1.82) is 0 Å². The van der Waals surface area contributed by atoms with E-state index in [9.17, 15) is 0 Å². The molecule has 1 aromatic carbocycles. The number of nitrogens with zero attached hydrogens (tertiary/aromatic N) is 7. The summed E-state index contributed by atoms with van der Waals surface area (Å²) < 4.78 is 1.74. The van der Waals surface area contributed by atoms with Gasteiger partial charge in [-0.25, -0.2) is 14.6 Å². The molecule has 5 rings (SSSR count). The topological polar surface area (TPSA) is 108 Å². The molecule has 0 bridgehead atoms. The summed E-state index contributed by atoms with van der Waals surface area (Å²) in [6.07, 6.45) is 4.50.